The number of hydrogen-bond donors (Lipinski definition) is 3. The molecule has 0 amide bonds. The lowest BCUT2D eigenvalue weighted by atomic mass is 10.1. The monoisotopic (exact) mass is 262 g/mol. The van der Waals surface area contributed by atoms with E-state index in [0.717, 1.165) is 12.1 Å². The fourth-order valence-electron chi connectivity index (χ4n) is 1.02. The van der Waals surface area contributed by atoms with Gasteiger partial charge in [0.2, 0.25) is 0 Å². The molecule has 1 rings (SSSR count). The number of rotatable bonds is 2. The Morgan fingerprint density at radius 2 is 1.71 bits per heavy atom. The van der Waals surface area contributed by atoms with Crippen molar-refractivity contribution in [3.8, 4) is 0 Å². The van der Waals surface area contributed by atoms with Gasteiger partial charge in [0, 0.05) is 5.56 Å². The van der Waals surface area contributed by atoms with Crippen molar-refractivity contribution >= 4 is 21.8 Å². The van der Waals surface area contributed by atoms with Crippen molar-refractivity contribution in [2.75, 3.05) is 6.61 Å². The SMILES string of the molecule is N=C(CO)SC(=N)c1ccc(C(F)(F)F)cc1. The molecule has 1 aromatic rings. The van der Waals surface area contributed by atoms with Crippen molar-refractivity contribution < 1.29 is 18.3 Å². The predicted molar refractivity (Wildman–Crippen MR) is 60.7 cm³/mol. The molecule has 92 valence electrons. The number of hydrogen-bond acceptors (Lipinski definition) is 4. The van der Waals surface area contributed by atoms with Gasteiger partial charge in [-0.2, -0.15) is 13.2 Å². The average molecular weight is 262 g/mol. The first-order chi connectivity index (χ1) is 7.84. The molecule has 17 heavy (non-hydrogen) atoms. The summed E-state index contributed by atoms with van der Waals surface area (Å²) < 4.78 is 36.8. The van der Waals surface area contributed by atoms with Gasteiger partial charge >= 0.3 is 6.18 Å². The summed E-state index contributed by atoms with van der Waals surface area (Å²) in [5.41, 5.74) is -0.502. The summed E-state index contributed by atoms with van der Waals surface area (Å²) >= 11 is 0.701. The largest absolute Gasteiger partial charge is 0.416 e. The summed E-state index contributed by atoms with van der Waals surface area (Å²) in [6.07, 6.45) is -4.40. The molecule has 0 aliphatic carbocycles. The van der Waals surface area contributed by atoms with E-state index in [9.17, 15) is 13.2 Å². The highest BCUT2D eigenvalue weighted by Crippen LogP contribution is 2.29. The molecule has 0 bridgehead atoms. The van der Waals surface area contributed by atoms with E-state index in [1.807, 2.05) is 0 Å². The normalized spacial score (nSPS) is 11.3. The maximum absolute atomic E-state index is 12.3. The Labute approximate surface area is 99.7 Å². The standard InChI is InChI=1S/C10H9F3N2OS/c11-10(12,13)7-3-1-6(2-4-7)9(15)17-8(14)5-16/h1-4,14-16H,5H2. The van der Waals surface area contributed by atoms with Gasteiger partial charge in [0.05, 0.1) is 17.2 Å². The van der Waals surface area contributed by atoms with Crippen molar-refractivity contribution in [3.05, 3.63) is 35.4 Å². The van der Waals surface area contributed by atoms with Gasteiger partial charge in [-0.25, -0.2) is 0 Å². The molecule has 3 nitrogen and oxygen atoms in total. The van der Waals surface area contributed by atoms with Crippen molar-refractivity contribution in [3.63, 3.8) is 0 Å². The van der Waals surface area contributed by atoms with Crippen LogP contribution in [0.2, 0.25) is 0 Å². The molecule has 0 spiro atoms. The summed E-state index contributed by atoms with van der Waals surface area (Å²) in [6.45, 7) is -0.492. The van der Waals surface area contributed by atoms with Gasteiger partial charge in [0.1, 0.15) is 5.04 Å². The zero-order chi connectivity index (χ0) is 13.1. The van der Waals surface area contributed by atoms with Crippen molar-refractivity contribution in [2.45, 2.75) is 6.18 Å². The first kappa shape index (κ1) is 13.7. The fraction of sp³-hybridized carbons (Fsp3) is 0.200. The van der Waals surface area contributed by atoms with Crippen LogP contribution in [0, 0.1) is 10.8 Å². The van der Waals surface area contributed by atoms with E-state index in [1.54, 1.807) is 0 Å². The van der Waals surface area contributed by atoms with E-state index in [4.69, 9.17) is 15.9 Å². The third kappa shape index (κ3) is 3.86. The number of aliphatic hydroxyl groups excluding tert-OH is 1. The van der Waals surface area contributed by atoms with Gasteiger partial charge in [-0.05, 0) is 12.1 Å². The molecule has 0 aliphatic heterocycles. The Morgan fingerprint density at radius 3 is 2.12 bits per heavy atom. The highest BCUT2D eigenvalue weighted by Gasteiger charge is 2.30. The van der Waals surface area contributed by atoms with E-state index in [0.29, 0.717) is 11.8 Å². The van der Waals surface area contributed by atoms with Gasteiger partial charge in [0.25, 0.3) is 0 Å². The molecule has 7 heteroatoms. The maximum atomic E-state index is 12.3. The van der Waals surface area contributed by atoms with Crippen LogP contribution in [-0.2, 0) is 6.18 Å². The molecule has 3 N–H and O–H groups in total. The fourth-order valence-corrected chi connectivity index (χ4v) is 1.59. The molecule has 0 aliphatic rings. The lowest BCUT2D eigenvalue weighted by molar-refractivity contribution is -0.137. The van der Waals surface area contributed by atoms with E-state index in [-0.39, 0.29) is 15.7 Å². The molecule has 0 unspecified atom stereocenters. The molecule has 0 saturated carbocycles. The minimum absolute atomic E-state index is 0.0715. The third-order valence-corrected chi connectivity index (χ3v) is 2.66. The van der Waals surface area contributed by atoms with Crippen LogP contribution in [0.4, 0.5) is 13.2 Å². The van der Waals surface area contributed by atoms with Gasteiger partial charge in [0.15, 0.2) is 0 Å². The number of aliphatic hydroxyl groups is 1. The molecular formula is C10H9F3N2OS. The third-order valence-electron chi connectivity index (χ3n) is 1.84. The number of halogens is 3. The van der Waals surface area contributed by atoms with Crippen LogP contribution in [0.3, 0.4) is 0 Å². The number of nitrogens with one attached hydrogen (secondary N) is 2. The van der Waals surface area contributed by atoms with Crippen molar-refractivity contribution in [1.82, 2.24) is 0 Å². The molecule has 0 atom stereocenters. The lowest BCUT2D eigenvalue weighted by Crippen LogP contribution is -2.06. The summed E-state index contributed by atoms with van der Waals surface area (Å²) in [7, 11) is 0. The summed E-state index contributed by atoms with van der Waals surface area (Å²) in [5, 5.41) is 23.1. The number of benzene rings is 1. The summed E-state index contributed by atoms with van der Waals surface area (Å²) in [6, 6.07) is 4.10. The van der Waals surface area contributed by atoms with Crippen LogP contribution in [0.5, 0.6) is 0 Å². The van der Waals surface area contributed by atoms with E-state index in [2.05, 4.69) is 0 Å². The highest BCUT2D eigenvalue weighted by atomic mass is 32.2. The van der Waals surface area contributed by atoms with E-state index in [1.165, 1.54) is 12.1 Å². The molecular weight excluding hydrogens is 253 g/mol. The molecule has 1 aromatic carbocycles. The number of alkyl halides is 3. The Balaban J connectivity index is 2.81. The molecule has 0 aromatic heterocycles. The minimum atomic E-state index is -4.40. The second-order valence-corrected chi connectivity index (χ2v) is 4.19. The topological polar surface area (TPSA) is 67.9 Å². The van der Waals surface area contributed by atoms with Crippen LogP contribution in [0.25, 0.3) is 0 Å². The van der Waals surface area contributed by atoms with Crippen LogP contribution >= 0.6 is 11.8 Å². The van der Waals surface area contributed by atoms with Crippen LogP contribution in [0.15, 0.2) is 24.3 Å². The molecule has 0 fully saturated rings. The summed E-state index contributed by atoms with van der Waals surface area (Å²) in [5.74, 6) is 0. The van der Waals surface area contributed by atoms with Gasteiger partial charge in [-0.1, -0.05) is 23.9 Å². The highest BCUT2D eigenvalue weighted by molar-refractivity contribution is 8.26. The Kier molecular flexibility index (Phi) is 4.30. The average Bonchev–Trinajstić information content (AvgIpc) is 2.27. The van der Waals surface area contributed by atoms with Gasteiger partial charge in [-0.15, -0.1) is 0 Å². The van der Waals surface area contributed by atoms with Crippen molar-refractivity contribution in [2.24, 2.45) is 0 Å². The predicted octanol–water partition coefficient (Wildman–Crippen LogP) is 2.73. The second-order valence-electron chi connectivity index (χ2n) is 3.09. The number of thioether (sulfide) groups is 1. The minimum Gasteiger partial charge on any atom is -0.390 e. The first-order valence-corrected chi connectivity index (χ1v) is 5.28. The Hall–Kier alpha value is -1.34. The second kappa shape index (κ2) is 5.33. The maximum Gasteiger partial charge on any atom is 0.416 e. The van der Waals surface area contributed by atoms with Crippen LogP contribution < -0.4 is 0 Å². The quantitative estimate of drug-likeness (QED) is 0.566. The Morgan fingerprint density at radius 1 is 1.18 bits per heavy atom. The van der Waals surface area contributed by atoms with Gasteiger partial charge in [-0.3, -0.25) is 10.8 Å². The van der Waals surface area contributed by atoms with Crippen molar-refractivity contribution in [1.29, 1.82) is 10.8 Å². The smallest absolute Gasteiger partial charge is 0.390 e. The summed E-state index contributed by atoms with van der Waals surface area (Å²) in [4.78, 5) is 0. The van der Waals surface area contributed by atoms with Gasteiger partial charge < -0.3 is 5.11 Å². The zero-order valence-electron chi connectivity index (χ0n) is 8.51. The Bertz CT molecular complexity index is 428. The first-order valence-electron chi connectivity index (χ1n) is 4.47. The van der Waals surface area contributed by atoms with Crippen LogP contribution in [-0.4, -0.2) is 21.8 Å². The van der Waals surface area contributed by atoms with Crippen LogP contribution in [0.1, 0.15) is 11.1 Å². The zero-order valence-corrected chi connectivity index (χ0v) is 9.32. The lowest BCUT2D eigenvalue weighted by Gasteiger charge is -2.08. The molecule has 0 saturated heterocycles. The molecule has 0 heterocycles. The van der Waals surface area contributed by atoms with E-state index >= 15 is 0 Å². The van der Waals surface area contributed by atoms with E-state index < -0.39 is 18.3 Å². The molecule has 0 radical (unpaired) electrons.